The van der Waals surface area contributed by atoms with E-state index in [2.05, 4.69) is 39.5 Å². The van der Waals surface area contributed by atoms with Crippen molar-refractivity contribution < 1.29 is 0 Å². The van der Waals surface area contributed by atoms with Crippen LogP contribution in [0.15, 0.2) is 0 Å². The molecule has 0 radical (unpaired) electrons. The fourth-order valence-corrected chi connectivity index (χ4v) is 4.99. The van der Waals surface area contributed by atoms with Crippen LogP contribution in [0.5, 0.6) is 0 Å². The van der Waals surface area contributed by atoms with Crippen LogP contribution in [-0.4, -0.2) is 24.5 Å². The first-order valence-corrected chi connectivity index (χ1v) is 15.8. The van der Waals surface area contributed by atoms with E-state index in [-0.39, 0.29) is 0 Å². The van der Waals surface area contributed by atoms with Crippen molar-refractivity contribution in [1.82, 2.24) is 4.90 Å². The van der Waals surface area contributed by atoms with Gasteiger partial charge in [0.05, 0.1) is 0 Å². The van der Waals surface area contributed by atoms with Gasteiger partial charge in [0.25, 0.3) is 0 Å². The Bertz CT molecular complexity index is 326. The summed E-state index contributed by atoms with van der Waals surface area (Å²) >= 11 is 0. The van der Waals surface area contributed by atoms with Crippen LogP contribution < -0.4 is 0 Å². The molecule has 0 aliphatic rings. The van der Waals surface area contributed by atoms with Crippen molar-refractivity contribution in [3.8, 4) is 0 Å². The number of nitrogens with zero attached hydrogens (tertiary/aromatic N) is 1. The van der Waals surface area contributed by atoms with Crippen LogP contribution in [0.25, 0.3) is 0 Å². The van der Waals surface area contributed by atoms with Crippen LogP contribution in [0, 0.1) is 11.8 Å². The molecular formula is C32H67N. The Balaban J connectivity index is 3.87. The van der Waals surface area contributed by atoms with Gasteiger partial charge in [-0.3, -0.25) is 0 Å². The summed E-state index contributed by atoms with van der Waals surface area (Å²) in [6.45, 7) is 15.8. The molecule has 0 aliphatic heterocycles. The molecule has 0 aromatic heterocycles. The monoisotopic (exact) mass is 466 g/mol. The van der Waals surface area contributed by atoms with E-state index in [1.807, 2.05) is 0 Å². The molecule has 0 aromatic carbocycles. The van der Waals surface area contributed by atoms with Crippen LogP contribution in [-0.2, 0) is 0 Å². The zero-order chi connectivity index (χ0) is 24.4. The Morgan fingerprint density at radius 2 is 0.636 bits per heavy atom. The molecule has 1 heteroatoms. The summed E-state index contributed by atoms with van der Waals surface area (Å²) in [5, 5.41) is 0. The zero-order valence-corrected chi connectivity index (χ0v) is 24.3. The highest BCUT2D eigenvalue weighted by molar-refractivity contribution is 4.61. The van der Waals surface area contributed by atoms with E-state index in [4.69, 9.17) is 0 Å². The fourth-order valence-electron chi connectivity index (χ4n) is 4.99. The summed E-state index contributed by atoms with van der Waals surface area (Å²) in [6.07, 6.45) is 31.8. The maximum Gasteiger partial charge on any atom is -0.00187 e. The largest absolute Gasteiger partial charge is 0.303 e. The second kappa shape index (κ2) is 26.6. The minimum Gasteiger partial charge on any atom is -0.303 e. The Morgan fingerprint density at radius 3 is 0.939 bits per heavy atom. The number of hydrogen-bond donors (Lipinski definition) is 0. The van der Waals surface area contributed by atoms with E-state index in [9.17, 15) is 0 Å². The molecule has 0 atom stereocenters. The third-order valence-electron chi connectivity index (χ3n) is 7.34. The van der Waals surface area contributed by atoms with Gasteiger partial charge in [0.1, 0.15) is 0 Å². The third kappa shape index (κ3) is 28.1. The fraction of sp³-hybridized carbons (Fsp3) is 1.00. The molecule has 0 bridgehead atoms. The highest BCUT2D eigenvalue weighted by Crippen LogP contribution is 2.14. The second-order valence-corrected chi connectivity index (χ2v) is 11.9. The van der Waals surface area contributed by atoms with Gasteiger partial charge in [0.2, 0.25) is 0 Å². The predicted octanol–water partition coefficient (Wildman–Crippen LogP) is 11.2. The first kappa shape index (κ1) is 33.0. The van der Waals surface area contributed by atoms with Gasteiger partial charge >= 0.3 is 0 Å². The number of hydrogen-bond acceptors (Lipinski definition) is 1. The van der Waals surface area contributed by atoms with Crippen molar-refractivity contribution in [2.24, 2.45) is 11.8 Å². The normalized spacial score (nSPS) is 12.0. The molecule has 0 heterocycles. The molecule has 0 fully saturated rings. The van der Waals surface area contributed by atoms with Crippen molar-refractivity contribution in [2.75, 3.05) is 19.6 Å². The van der Waals surface area contributed by atoms with Gasteiger partial charge in [-0.2, -0.15) is 0 Å². The van der Waals surface area contributed by atoms with Crippen molar-refractivity contribution in [2.45, 2.75) is 176 Å². The SMILES string of the molecule is CCCCCCCCCCCCN(CCCCCCCC(C)C)CCCCCCCC(C)C. The Labute approximate surface area is 212 Å². The number of rotatable bonds is 27. The summed E-state index contributed by atoms with van der Waals surface area (Å²) in [6, 6.07) is 0. The van der Waals surface area contributed by atoms with Crippen LogP contribution >= 0.6 is 0 Å². The van der Waals surface area contributed by atoms with Gasteiger partial charge in [-0.25, -0.2) is 0 Å². The molecule has 200 valence electrons. The molecule has 33 heavy (non-hydrogen) atoms. The predicted molar refractivity (Wildman–Crippen MR) is 153 cm³/mol. The lowest BCUT2D eigenvalue weighted by molar-refractivity contribution is 0.254. The molecule has 0 spiro atoms. The van der Waals surface area contributed by atoms with E-state index in [0.717, 1.165) is 11.8 Å². The van der Waals surface area contributed by atoms with Crippen LogP contribution in [0.3, 0.4) is 0 Å². The topological polar surface area (TPSA) is 3.24 Å². The summed E-state index contributed by atoms with van der Waals surface area (Å²) in [5.41, 5.74) is 0. The maximum absolute atomic E-state index is 2.83. The Hall–Kier alpha value is -0.0400. The van der Waals surface area contributed by atoms with E-state index in [1.165, 1.54) is 161 Å². The zero-order valence-electron chi connectivity index (χ0n) is 24.3. The maximum atomic E-state index is 2.83. The van der Waals surface area contributed by atoms with Crippen LogP contribution in [0.4, 0.5) is 0 Å². The second-order valence-electron chi connectivity index (χ2n) is 11.9. The third-order valence-corrected chi connectivity index (χ3v) is 7.34. The van der Waals surface area contributed by atoms with Gasteiger partial charge < -0.3 is 4.90 Å². The first-order valence-electron chi connectivity index (χ1n) is 15.8. The molecule has 0 aromatic rings. The molecule has 0 aliphatic carbocycles. The highest BCUT2D eigenvalue weighted by Gasteiger charge is 2.05. The molecule has 0 unspecified atom stereocenters. The summed E-state index contributed by atoms with van der Waals surface area (Å²) in [7, 11) is 0. The van der Waals surface area contributed by atoms with Gasteiger partial charge in [-0.05, 0) is 50.7 Å². The van der Waals surface area contributed by atoms with Gasteiger partial charge in [-0.1, -0.05) is 157 Å². The summed E-state index contributed by atoms with van der Waals surface area (Å²) < 4.78 is 0. The Kier molecular flexibility index (Phi) is 26.5. The minimum absolute atomic E-state index is 0.881. The van der Waals surface area contributed by atoms with E-state index in [0.29, 0.717) is 0 Å². The van der Waals surface area contributed by atoms with E-state index >= 15 is 0 Å². The van der Waals surface area contributed by atoms with E-state index < -0.39 is 0 Å². The highest BCUT2D eigenvalue weighted by atomic mass is 15.1. The van der Waals surface area contributed by atoms with Crippen molar-refractivity contribution in [3.63, 3.8) is 0 Å². The molecular weight excluding hydrogens is 398 g/mol. The van der Waals surface area contributed by atoms with Crippen LogP contribution in [0.1, 0.15) is 176 Å². The minimum atomic E-state index is 0.881. The van der Waals surface area contributed by atoms with Gasteiger partial charge in [0.15, 0.2) is 0 Å². The van der Waals surface area contributed by atoms with Crippen LogP contribution in [0.2, 0.25) is 0 Å². The number of unbranched alkanes of at least 4 members (excludes halogenated alkanes) is 17. The van der Waals surface area contributed by atoms with E-state index in [1.54, 1.807) is 0 Å². The first-order chi connectivity index (χ1) is 16.1. The lowest BCUT2D eigenvalue weighted by Gasteiger charge is -2.22. The van der Waals surface area contributed by atoms with Crippen molar-refractivity contribution >= 4 is 0 Å². The molecule has 0 saturated heterocycles. The average Bonchev–Trinajstić information content (AvgIpc) is 2.78. The summed E-state index contributed by atoms with van der Waals surface area (Å²) in [4.78, 5) is 2.83. The van der Waals surface area contributed by atoms with Gasteiger partial charge in [0, 0.05) is 0 Å². The Morgan fingerprint density at radius 1 is 0.364 bits per heavy atom. The molecule has 0 rings (SSSR count). The summed E-state index contributed by atoms with van der Waals surface area (Å²) in [5.74, 6) is 1.76. The average molecular weight is 466 g/mol. The molecule has 0 amide bonds. The van der Waals surface area contributed by atoms with Gasteiger partial charge in [-0.15, -0.1) is 0 Å². The molecule has 1 nitrogen and oxygen atoms in total. The standard InChI is InChI=1S/C32H67N/c1-6-7-8-9-10-11-12-13-18-23-28-33(29-24-19-14-16-21-26-31(2)3)30-25-20-15-17-22-27-32(4)5/h31-32H,6-30H2,1-5H3. The molecule has 0 saturated carbocycles. The molecule has 0 N–H and O–H groups in total. The van der Waals surface area contributed by atoms with Crippen molar-refractivity contribution in [3.05, 3.63) is 0 Å². The van der Waals surface area contributed by atoms with Crippen molar-refractivity contribution in [1.29, 1.82) is 0 Å². The quantitative estimate of drug-likeness (QED) is 0.109. The lowest BCUT2D eigenvalue weighted by Crippen LogP contribution is -2.27. The lowest BCUT2D eigenvalue weighted by atomic mass is 10.0. The smallest absolute Gasteiger partial charge is 0.00187 e.